The van der Waals surface area contributed by atoms with Crippen molar-refractivity contribution in [1.82, 2.24) is 5.32 Å². The molecule has 0 aliphatic carbocycles. The average molecular weight is 412 g/mol. The van der Waals surface area contributed by atoms with E-state index in [-0.39, 0.29) is 11.3 Å². The number of ether oxygens (including phenoxy) is 1. The number of alkyl halides is 3. The highest BCUT2D eigenvalue weighted by Crippen LogP contribution is 2.30. The van der Waals surface area contributed by atoms with Gasteiger partial charge in [0.15, 0.2) is 6.10 Å². The van der Waals surface area contributed by atoms with Crippen LogP contribution in [0, 0.1) is 5.82 Å². The van der Waals surface area contributed by atoms with Crippen molar-refractivity contribution in [3.63, 3.8) is 0 Å². The number of hydrogen-bond acceptors (Lipinski definition) is 4. The molecule has 2 aromatic rings. The van der Waals surface area contributed by atoms with E-state index in [0.717, 1.165) is 24.3 Å². The molecule has 0 aromatic heterocycles. The quantitative estimate of drug-likeness (QED) is 0.564. The molecule has 0 aliphatic heterocycles. The molecule has 0 aliphatic rings. The Bertz CT molecular complexity index is 915. The smallest absolute Gasteiger partial charge is 0.416 e. The summed E-state index contributed by atoms with van der Waals surface area (Å²) in [6.07, 6.45) is -5.92. The number of carbonyl (C=O) groups excluding carboxylic acids is 3. The van der Waals surface area contributed by atoms with Crippen molar-refractivity contribution in [2.24, 2.45) is 0 Å². The van der Waals surface area contributed by atoms with E-state index in [4.69, 9.17) is 4.74 Å². The molecule has 2 amide bonds. The summed E-state index contributed by atoms with van der Waals surface area (Å²) in [6, 6.07) is 9.08. The number of esters is 1. The zero-order valence-electron chi connectivity index (χ0n) is 15.0. The molecule has 0 unspecified atom stereocenters. The SMILES string of the molecule is C[C@@H](OC(=O)CNC(=O)c1ccccc1F)C(=O)Nc1cccc(C(F)(F)F)c1. The van der Waals surface area contributed by atoms with Crippen LogP contribution in [-0.2, 0) is 20.5 Å². The van der Waals surface area contributed by atoms with Gasteiger partial charge < -0.3 is 15.4 Å². The lowest BCUT2D eigenvalue weighted by Gasteiger charge is -2.15. The summed E-state index contributed by atoms with van der Waals surface area (Å²) in [7, 11) is 0. The first-order chi connectivity index (χ1) is 13.6. The second kappa shape index (κ2) is 9.18. The van der Waals surface area contributed by atoms with Crippen LogP contribution < -0.4 is 10.6 Å². The fraction of sp³-hybridized carbons (Fsp3) is 0.211. The van der Waals surface area contributed by atoms with E-state index < -0.39 is 48.0 Å². The van der Waals surface area contributed by atoms with Crippen LogP contribution in [0.3, 0.4) is 0 Å². The Hall–Kier alpha value is -3.43. The lowest BCUT2D eigenvalue weighted by atomic mass is 10.2. The van der Waals surface area contributed by atoms with Gasteiger partial charge in [0.2, 0.25) is 0 Å². The molecule has 10 heteroatoms. The zero-order valence-corrected chi connectivity index (χ0v) is 15.0. The topological polar surface area (TPSA) is 84.5 Å². The van der Waals surface area contributed by atoms with E-state index >= 15 is 0 Å². The maximum Gasteiger partial charge on any atom is 0.416 e. The molecular formula is C19H16F4N2O4. The predicted octanol–water partition coefficient (Wildman–Crippen LogP) is 3.14. The Morgan fingerprint density at radius 1 is 1.07 bits per heavy atom. The Balaban J connectivity index is 1.87. The van der Waals surface area contributed by atoms with Crippen LogP contribution in [0.25, 0.3) is 0 Å². The highest BCUT2D eigenvalue weighted by Gasteiger charge is 2.30. The molecular weight excluding hydrogens is 396 g/mol. The van der Waals surface area contributed by atoms with Gasteiger partial charge in [-0.2, -0.15) is 13.2 Å². The van der Waals surface area contributed by atoms with Crippen LogP contribution in [0.4, 0.5) is 23.2 Å². The predicted molar refractivity (Wildman–Crippen MR) is 94.4 cm³/mol. The zero-order chi connectivity index (χ0) is 21.6. The van der Waals surface area contributed by atoms with E-state index in [2.05, 4.69) is 10.6 Å². The van der Waals surface area contributed by atoms with E-state index in [0.29, 0.717) is 0 Å². The molecule has 0 radical (unpaired) electrons. The lowest BCUT2D eigenvalue weighted by Crippen LogP contribution is -2.36. The molecule has 2 rings (SSSR count). The minimum atomic E-state index is -4.57. The average Bonchev–Trinajstić information content (AvgIpc) is 2.66. The molecule has 0 heterocycles. The second-order valence-electron chi connectivity index (χ2n) is 5.86. The van der Waals surface area contributed by atoms with Gasteiger partial charge >= 0.3 is 12.1 Å². The summed E-state index contributed by atoms with van der Waals surface area (Å²) in [6.45, 7) is 0.577. The number of hydrogen-bond donors (Lipinski definition) is 2. The van der Waals surface area contributed by atoms with E-state index in [1.165, 1.54) is 31.2 Å². The largest absolute Gasteiger partial charge is 0.451 e. The van der Waals surface area contributed by atoms with Crippen molar-refractivity contribution < 1.29 is 36.7 Å². The highest BCUT2D eigenvalue weighted by atomic mass is 19.4. The normalized spacial score (nSPS) is 12.0. The number of anilines is 1. The van der Waals surface area contributed by atoms with Crippen LogP contribution in [0.2, 0.25) is 0 Å². The van der Waals surface area contributed by atoms with Crippen LogP contribution in [0.5, 0.6) is 0 Å². The van der Waals surface area contributed by atoms with Gasteiger partial charge in [-0.1, -0.05) is 18.2 Å². The number of rotatable bonds is 6. The van der Waals surface area contributed by atoms with Crippen molar-refractivity contribution in [1.29, 1.82) is 0 Å². The summed E-state index contributed by atoms with van der Waals surface area (Å²) in [5.41, 5.74) is -1.34. The van der Waals surface area contributed by atoms with Gasteiger partial charge in [0.1, 0.15) is 12.4 Å². The third-order valence-corrected chi connectivity index (χ3v) is 3.65. The molecule has 29 heavy (non-hydrogen) atoms. The number of carbonyl (C=O) groups is 3. The van der Waals surface area contributed by atoms with E-state index in [9.17, 15) is 31.9 Å². The first kappa shape index (κ1) is 21.9. The Kier molecular flexibility index (Phi) is 6.92. The monoisotopic (exact) mass is 412 g/mol. The summed E-state index contributed by atoms with van der Waals surface area (Å²) < 4.78 is 56.4. The molecule has 154 valence electrons. The maximum absolute atomic E-state index is 13.5. The summed E-state index contributed by atoms with van der Waals surface area (Å²) in [4.78, 5) is 35.6. The van der Waals surface area contributed by atoms with Gasteiger partial charge in [0, 0.05) is 5.69 Å². The Morgan fingerprint density at radius 2 is 1.76 bits per heavy atom. The standard InChI is InChI=1S/C19H16F4N2O4/c1-11(17(27)25-13-6-4-5-12(9-13)19(21,22)23)29-16(26)10-24-18(28)14-7-2-3-8-15(14)20/h2-9,11H,10H2,1H3,(H,24,28)(H,25,27)/t11-/m1/s1. The second-order valence-corrected chi connectivity index (χ2v) is 5.86. The summed E-state index contributed by atoms with van der Waals surface area (Å²) in [5, 5.41) is 4.35. The summed E-state index contributed by atoms with van der Waals surface area (Å²) in [5.74, 6) is -3.46. The number of nitrogens with one attached hydrogen (secondary N) is 2. The lowest BCUT2D eigenvalue weighted by molar-refractivity contribution is -0.152. The molecule has 1 atom stereocenters. The third kappa shape index (κ3) is 6.30. The van der Waals surface area contributed by atoms with E-state index in [1.807, 2.05) is 0 Å². The van der Waals surface area contributed by atoms with Crippen molar-refractivity contribution in [2.75, 3.05) is 11.9 Å². The molecule has 6 nitrogen and oxygen atoms in total. The van der Waals surface area contributed by atoms with Crippen LogP contribution in [0.15, 0.2) is 48.5 Å². The van der Waals surface area contributed by atoms with Crippen molar-refractivity contribution >= 4 is 23.5 Å². The number of amides is 2. The molecule has 0 saturated carbocycles. The first-order valence-electron chi connectivity index (χ1n) is 8.28. The van der Waals surface area contributed by atoms with Crippen molar-refractivity contribution in [3.8, 4) is 0 Å². The van der Waals surface area contributed by atoms with Gasteiger partial charge in [0.25, 0.3) is 11.8 Å². The Morgan fingerprint density at radius 3 is 2.41 bits per heavy atom. The molecule has 0 fully saturated rings. The minimum Gasteiger partial charge on any atom is -0.451 e. The van der Waals surface area contributed by atoms with Crippen LogP contribution in [-0.4, -0.2) is 30.4 Å². The fourth-order valence-electron chi connectivity index (χ4n) is 2.20. The van der Waals surface area contributed by atoms with Crippen molar-refractivity contribution in [2.45, 2.75) is 19.2 Å². The molecule has 2 aromatic carbocycles. The molecule has 0 spiro atoms. The van der Waals surface area contributed by atoms with Gasteiger partial charge in [-0.05, 0) is 37.3 Å². The molecule has 0 saturated heterocycles. The van der Waals surface area contributed by atoms with E-state index in [1.54, 1.807) is 0 Å². The fourth-order valence-corrected chi connectivity index (χ4v) is 2.20. The Labute approximate surface area is 162 Å². The van der Waals surface area contributed by atoms with Gasteiger partial charge in [0.05, 0.1) is 11.1 Å². The molecule has 0 bridgehead atoms. The van der Waals surface area contributed by atoms with Gasteiger partial charge in [-0.25, -0.2) is 4.39 Å². The third-order valence-electron chi connectivity index (χ3n) is 3.65. The first-order valence-corrected chi connectivity index (χ1v) is 8.28. The van der Waals surface area contributed by atoms with Crippen LogP contribution in [0.1, 0.15) is 22.8 Å². The number of halogens is 4. The maximum atomic E-state index is 13.5. The van der Waals surface area contributed by atoms with Crippen LogP contribution >= 0.6 is 0 Å². The minimum absolute atomic E-state index is 0.124. The van der Waals surface area contributed by atoms with Gasteiger partial charge in [-0.3, -0.25) is 14.4 Å². The number of benzene rings is 2. The molecule has 2 N–H and O–H groups in total. The summed E-state index contributed by atoms with van der Waals surface area (Å²) >= 11 is 0. The van der Waals surface area contributed by atoms with Crippen molar-refractivity contribution in [3.05, 3.63) is 65.5 Å². The highest BCUT2D eigenvalue weighted by molar-refractivity contribution is 5.97. The van der Waals surface area contributed by atoms with Gasteiger partial charge in [-0.15, -0.1) is 0 Å².